The van der Waals surface area contributed by atoms with E-state index in [1.165, 1.54) is 25.5 Å². The Balaban J connectivity index is 1.75. The first-order chi connectivity index (χ1) is 9.47. The molecule has 0 radical (unpaired) electrons. The number of aliphatic hydroxyl groups excluding tert-OH is 1. The molecule has 1 unspecified atom stereocenters. The van der Waals surface area contributed by atoms with Crippen LogP contribution >= 0.6 is 0 Å². The van der Waals surface area contributed by atoms with Gasteiger partial charge < -0.3 is 10.4 Å². The van der Waals surface area contributed by atoms with Crippen molar-refractivity contribution in [2.24, 2.45) is 5.92 Å². The van der Waals surface area contributed by atoms with Gasteiger partial charge in [0.1, 0.15) is 0 Å². The molecule has 2 N–H and O–H groups in total. The molecule has 0 aromatic heterocycles. The Morgan fingerprint density at radius 3 is 2.50 bits per heavy atom. The highest BCUT2D eigenvalue weighted by Crippen LogP contribution is 2.33. The monoisotopic (exact) mass is 297 g/mol. The van der Waals surface area contributed by atoms with Crippen molar-refractivity contribution in [3.63, 3.8) is 0 Å². The fraction of sp³-hybridized carbons (Fsp3) is 0.600. The molecule has 5 heteroatoms. The van der Waals surface area contributed by atoms with Crippen molar-refractivity contribution >= 4 is 9.84 Å². The van der Waals surface area contributed by atoms with Gasteiger partial charge in [0.15, 0.2) is 9.84 Å². The fourth-order valence-corrected chi connectivity index (χ4v) is 2.85. The van der Waals surface area contributed by atoms with E-state index in [0.29, 0.717) is 6.54 Å². The van der Waals surface area contributed by atoms with Crippen molar-refractivity contribution < 1.29 is 13.5 Å². The molecular weight excluding hydrogens is 274 g/mol. The molecule has 0 spiro atoms. The molecule has 112 valence electrons. The van der Waals surface area contributed by atoms with Crippen LogP contribution < -0.4 is 5.32 Å². The van der Waals surface area contributed by atoms with Crippen molar-refractivity contribution in [2.45, 2.75) is 36.7 Å². The van der Waals surface area contributed by atoms with Gasteiger partial charge in [0.2, 0.25) is 0 Å². The summed E-state index contributed by atoms with van der Waals surface area (Å²) in [5.74, 6) is 0.949. The summed E-state index contributed by atoms with van der Waals surface area (Å²) < 4.78 is 22.7. The minimum absolute atomic E-state index is 0.283. The van der Waals surface area contributed by atoms with Crippen LogP contribution in [0, 0.1) is 5.92 Å². The van der Waals surface area contributed by atoms with Gasteiger partial charge >= 0.3 is 0 Å². The summed E-state index contributed by atoms with van der Waals surface area (Å²) >= 11 is 0. The molecular formula is C15H23NO3S. The zero-order valence-corrected chi connectivity index (χ0v) is 12.7. The third-order valence-corrected chi connectivity index (χ3v) is 4.82. The first kappa shape index (κ1) is 15.5. The average Bonchev–Trinajstić information content (AvgIpc) is 3.21. The SMILES string of the molecule is CS(=O)(=O)c1ccc(C(O)CNCCCC2CC2)cc1. The lowest BCUT2D eigenvalue weighted by molar-refractivity contribution is 0.174. The van der Waals surface area contributed by atoms with Gasteiger partial charge in [0.05, 0.1) is 11.0 Å². The Labute approximate surface area is 121 Å². The molecule has 1 atom stereocenters. The lowest BCUT2D eigenvalue weighted by atomic mass is 10.1. The molecule has 1 fully saturated rings. The molecule has 1 saturated carbocycles. The van der Waals surface area contributed by atoms with Gasteiger partial charge in [-0.05, 0) is 43.0 Å². The number of hydrogen-bond donors (Lipinski definition) is 2. The number of sulfone groups is 1. The predicted molar refractivity (Wildman–Crippen MR) is 79.3 cm³/mol. The summed E-state index contributed by atoms with van der Waals surface area (Å²) in [4.78, 5) is 0.283. The summed E-state index contributed by atoms with van der Waals surface area (Å²) in [5, 5.41) is 13.3. The topological polar surface area (TPSA) is 66.4 Å². The Kier molecular flexibility index (Phi) is 5.18. The lowest BCUT2D eigenvalue weighted by Crippen LogP contribution is -2.22. The van der Waals surface area contributed by atoms with E-state index in [0.717, 1.165) is 24.4 Å². The quantitative estimate of drug-likeness (QED) is 0.719. The van der Waals surface area contributed by atoms with Gasteiger partial charge in [-0.3, -0.25) is 0 Å². The number of benzene rings is 1. The second kappa shape index (κ2) is 6.70. The van der Waals surface area contributed by atoms with E-state index in [4.69, 9.17) is 0 Å². The van der Waals surface area contributed by atoms with E-state index in [1.807, 2.05) is 0 Å². The van der Waals surface area contributed by atoms with Crippen LogP contribution in [0.1, 0.15) is 37.4 Å². The first-order valence-corrected chi connectivity index (χ1v) is 9.05. The first-order valence-electron chi connectivity index (χ1n) is 7.15. The molecule has 1 aromatic carbocycles. The molecule has 2 rings (SSSR count). The van der Waals surface area contributed by atoms with Crippen molar-refractivity contribution in [3.05, 3.63) is 29.8 Å². The molecule has 20 heavy (non-hydrogen) atoms. The Bertz CT molecular complexity index is 521. The summed E-state index contributed by atoms with van der Waals surface area (Å²) in [6.45, 7) is 1.43. The van der Waals surface area contributed by atoms with Gasteiger partial charge in [-0.15, -0.1) is 0 Å². The Morgan fingerprint density at radius 1 is 1.30 bits per heavy atom. The Morgan fingerprint density at radius 2 is 1.95 bits per heavy atom. The minimum Gasteiger partial charge on any atom is -0.387 e. The van der Waals surface area contributed by atoms with Gasteiger partial charge in [-0.2, -0.15) is 0 Å². The van der Waals surface area contributed by atoms with Crippen LogP contribution in [0.4, 0.5) is 0 Å². The number of hydrogen-bond acceptors (Lipinski definition) is 4. The Hall–Kier alpha value is -0.910. The molecule has 0 saturated heterocycles. The van der Waals surface area contributed by atoms with Gasteiger partial charge in [0.25, 0.3) is 0 Å². The van der Waals surface area contributed by atoms with E-state index in [9.17, 15) is 13.5 Å². The zero-order chi connectivity index (χ0) is 14.6. The second-order valence-electron chi connectivity index (χ2n) is 5.65. The molecule has 1 aliphatic carbocycles. The van der Waals surface area contributed by atoms with Crippen LogP contribution in [0.25, 0.3) is 0 Å². The molecule has 0 bridgehead atoms. The van der Waals surface area contributed by atoms with E-state index >= 15 is 0 Å². The highest BCUT2D eigenvalue weighted by Gasteiger charge is 2.20. The van der Waals surface area contributed by atoms with E-state index in [1.54, 1.807) is 24.3 Å². The third kappa shape index (κ3) is 4.89. The summed E-state index contributed by atoms with van der Waals surface area (Å²) in [7, 11) is -3.17. The summed E-state index contributed by atoms with van der Waals surface area (Å²) in [6.07, 6.45) is 5.80. The molecule has 0 aliphatic heterocycles. The van der Waals surface area contributed by atoms with Crippen LogP contribution in [0.5, 0.6) is 0 Å². The maximum atomic E-state index is 11.3. The van der Waals surface area contributed by atoms with Crippen LogP contribution in [0.2, 0.25) is 0 Å². The number of aliphatic hydroxyl groups is 1. The fourth-order valence-electron chi connectivity index (χ4n) is 2.22. The van der Waals surface area contributed by atoms with Crippen molar-refractivity contribution in [1.82, 2.24) is 5.32 Å². The van der Waals surface area contributed by atoms with Crippen LogP contribution in [0.3, 0.4) is 0 Å². The second-order valence-corrected chi connectivity index (χ2v) is 7.66. The largest absolute Gasteiger partial charge is 0.387 e. The maximum absolute atomic E-state index is 11.3. The maximum Gasteiger partial charge on any atom is 0.175 e. The van der Waals surface area contributed by atoms with Crippen molar-refractivity contribution in [1.29, 1.82) is 0 Å². The van der Waals surface area contributed by atoms with Crippen LogP contribution in [-0.4, -0.2) is 32.9 Å². The minimum atomic E-state index is -3.17. The predicted octanol–water partition coefficient (Wildman–Crippen LogP) is 1.90. The van der Waals surface area contributed by atoms with E-state index in [-0.39, 0.29) is 4.90 Å². The van der Waals surface area contributed by atoms with Gasteiger partial charge in [0, 0.05) is 12.8 Å². The molecule has 1 aromatic rings. The molecule has 0 amide bonds. The normalized spacial score (nSPS) is 17.1. The van der Waals surface area contributed by atoms with Gasteiger partial charge in [-0.1, -0.05) is 25.0 Å². The smallest absolute Gasteiger partial charge is 0.175 e. The van der Waals surface area contributed by atoms with E-state index in [2.05, 4.69) is 5.32 Å². The number of nitrogens with one attached hydrogen (secondary N) is 1. The zero-order valence-electron chi connectivity index (χ0n) is 11.9. The summed E-state index contributed by atoms with van der Waals surface area (Å²) in [5.41, 5.74) is 0.743. The lowest BCUT2D eigenvalue weighted by Gasteiger charge is -2.12. The van der Waals surface area contributed by atoms with E-state index < -0.39 is 15.9 Å². The van der Waals surface area contributed by atoms with Gasteiger partial charge in [-0.25, -0.2) is 8.42 Å². The van der Waals surface area contributed by atoms with Crippen LogP contribution in [-0.2, 0) is 9.84 Å². The standard InChI is InChI=1S/C15H23NO3S/c1-20(18,19)14-8-6-13(7-9-14)15(17)11-16-10-2-3-12-4-5-12/h6-9,12,15-17H,2-5,10-11H2,1H3. The highest BCUT2D eigenvalue weighted by molar-refractivity contribution is 7.90. The molecule has 4 nitrogen and oxygen atoms in total. The van der Waals surface area contributed by atoms with Crippen molar-refractivity contribution in [2.75, 3.05) is 19.3 Å². The molecule has 0 heterocycles. The third-order valence-electron chi connectivity index (χ3n) is 3.69. The summed E-state index contributed by atoms with van der Waals surface area (Å²) in [6, 6.07) is 6.43. The average molecular weight is 297 g/mol. The highest BCUT2D eigenvalue weighted by atomic mass is 32.2. The van der Waals surface area contributed by atoms with Crippen LogP contribution in [0.15, 0.2) is 29.2 Å². The van der Waals surface area contributed by atoms with Crippen molar-refractivity contribution in [3.8, 4) is 0 Å². The molecule has 1 aliphatic rings. The number of rotatable bonds is 8.